The van der Waals surface area contributed by atoms with Crippen molar-refractivity contribution < 1.29 is 18.0 Å². The topological polar surface area (TPSA) is 121 Å². The zero-order valence-electron chi connectivity index (χ0n) is 26.3. The van der Waals surface area contributed by atoms with Crippen LogP contribution in [0.15, 0.2) is 40.8 Å². The van der Waals surface area contributed by atoms with Crippen molar-refractivity contribution in [3.63, 3.8) is 0 Å². The monoisotopic (exact) mass is 685 g/mol. The fourth-order valence-electron chi connectivity index (χ4n) is 6.65. The highest BCUT2D eigenvalue weighted by molar-refractivity contribution is 6.36. The van der Waals surface area contributed by atoms with Crippen LogP contribution in [-0.4, -0.2) is 51.2 Å². The lowest BCUT2D eigenvalue weighted by molar-refractivity contribution is -0.130. The number of nitrogens with zero attached hydrogens (tertiary/aromatic N) is 6. The number of pyridine rings is 2. The molecule has 1 fully saturated rings. The molecule has 0 saturated carbocycles. The van der Waals surface area contributed by atoms with E-state index in [1.165, 1.54) is 16.7 Å². The first-order chi connectivity index (χ1) is 22.2. The number of carbonyl (C=O) groups excluding carboxylic acids is 1. The number of halogens is 5. The van der Waals surface area contributed by atoms with Crippen LogP contribution >= 0.6 is 23.2 Å². The molecule has 14 heteroatoms. The highest BCUT2D eigenvalue weighted by atomic mass is 35.5. The molecule has 1 saturated heterocycles. The van der Waals surface area contributed by atoms with Crippen molar-refractivity contribution in [3.8, 4) is 17.3 Å². The average molecular weight is 687 g/mol. The van der Waals surface area contributed by atoms with E-state index >= 15 is 4.39 Å². The van der Waals surface area contributed by atoms with Crippen LogP contribution in [0.25, 0.3) is 22.3 Å². The van der Waals surface area contributed by atoms with Gasteiger partial charge in [-0.15, -0.1) is 0 Å². The molecular weight excluding hydrogens is 654 g/mol. The van der Waals surface area contributed by atoms with Crippen molar-refractivity contribution in [2.75, 3.05) is 23.7 Å². The molecule has 0 bridgehead atoms. The van der Waals surface area contributed by atoms with E-state index in [0.29, 0.717) is 5.71 Å². The first-order valence-electron chi connectivity index (χ1n) is 14.9. The number of benzene rings is 1. The zero-order chi connectivity index (χ0) is 34.6. The molecule has 0 aliphatic carbocycles. The number of hydrogen-bond acceptors (Lipinski definition) is 7. The molecular formula is C33H32Cl2F3N7O2. The standard InChI is InChI=1S/C33H32Cl2F3N7O2/c1-7-21(46)44-16(5)12-43(13-17(44)6)31-18-10-20(34)29(22-24(36)26(38)25(37)23(35)27(22)40)42-32(18)45(33(47)19(31)11-39)30-15(4)8-9-41-28(30)14(2)3/h7-10,14-17,30H,1,12-13,40H2,2-6H3/t15-,16-,17+,30-/m1/s1. The minimum Gasteiger partial charge on any atom is -0.397 e. The number of rotatable bonds is 5. The number of fused-ring (bicyclic) bond motifs is 1. The molecule has 2 aromatic heterocycles. The largest absolute Gasteiger partial charge is 0.397 e. The Labute approximate surface area is 279 Å². The first-order valence-corrected chi connectivity index (χ1v) is 15.7. The predicted molar refractivity (Wildman–Crippen MR) is 178 cm³/mol. The van der Waals surface area contributed by atoms with E-state index in [1.54, 1.807) is 17.2 Å². The molecule has 2 aliphatic heterocycles. The average Bonchev–Trinajstić information content (AvgIpc) is 3.02. The molecule has 0 spiro atoms. The van der Waals surface area contributed by atoms with Crippen LogP contribution in [0.2, 0.25) is 10.0 Å². The quantitative estimate of drug-likeness (QED) is 0.139. The number of nitriles is 1. The van der Waals surface area contributed by atoms with Gasteiger partial charge in [-0.25, -0.2) is 18.2 Å². The Bertz CT molecular complexity index is 1960. The zero-order valence-corrected chi connectivity index (χ0v) is 27.8. The number of anilines is 2. The normalized spacial score (nSPS) is 21.3. The Morgan fingerprint density at radius 2 is 1.79 bits per heavy atom. The molecule has 246 valence electrons. The summed E-state index contributed by atoms with van der Waals surface area (Å²) in [6.07, 6.45) is 4.68. The lowest BCUT2D eigenvalue weighted by Crippen LogP contribution is -2.58. The van der Waals surface area contributed by atoms with E-state index in [9.17, 15) is 23.6 Å². The number of aliphatic imine (C=N–C) groups is 1. The van der Waals surface area contributed by atoms with Gasteiger partial charge < -0.3 is 15.5 Å². The Balaban J connectivity index is 1.91. The lowest BCUT2D eigenvalue weighted by atomic mass is 9.88. The number of aromatic nitrogens is 2. The number of allylic oxidation sites excluding steroid dienone is 1. The highest BCUT2D eigenvalue weighted by Gasteiger charge is 2.38. The fourth-order valence-corrected chi connectivity index (χ4v) is 7.07. The van der Waals surface area contributed by atoms with Crippen molar-refractivity contribution in [2.45, 2.75) is 52.7 Å². The van der Waals surface area contributed by atoms with E-state index in [2.05, 4.69) is 22.6 Å². The van der Waals surface area contributed by atoms with E-state index in [1.807, 2.05) is 39.5 Å². The third kappa shape index (κ3) is 5.45. The van der Waals surface area contributed by atoms with Crippen LogP contribution < -0.4 is 16.2 Å². The summed E-state index contributed by atoms with van der Waals surface area (Å²) in [6, 6.07) is 2.05. The SMILES string of the molecule is C=CC(=O)N1[C@H](C)CN(c2c(C#N)c(=O)n([C@H]3C(C(C)C)=NC=C[C@H]3C)c3nc(-c4c(N)c(Cl)c(F)c(F)c4F)c(Cl)cc23)C[C@@H]1C. The van der Waals surface area contributed by atoms with Gasteiger partial charge in [0.2, 0.25) is 5.91 Å². The lowest BCUT2D eigenvalue weighted by Gasteiger charge is -2.45. The van der Waals surface area contributed by atoms with E-state index in [-0.39, 0.29) is 75.9 Å². The number of hydrogen-bond donors (Lipinski definition) is 1. The Morgan fingerprint density at radius 3 is 2.36 bits per heavy atom. The van der Waals surface area contributed by atoms with Crippen LogP contribution in [0.1, 0.15) is 46.2 Å². The van der Waals surface area contributed by atoms with Gasteiger partial charge in [0.05, 0.1) is 33.7 Å². The maximum Gasteiger partial charge on any atom is 0.272 e. The third-order valence-electron chi connectivity index (χ3n) is 8.71. The fraction of sp³-hybridized carbons (Fsp3) is 0.364. The molecule has 1 amide bonds. The third-order valence-corrected chi connectivity index (χ3v) is 9.37. The van der Waals surface area contributed by atoms with Crippen molar-refractivity contribution in [1.29, 1.82) is 5.26 Å². The van der Waals surface area contributed by atoms with Crippen molar-refractivity contribution in [2.24, 2.45) is 16.8 Å². The van der Waals surface area contributed by atoms with E-state index in [0.717, 1.165) is 0 Å². The molecule has 4 atom stereocenters. The first kappa shape index (κ1) is 34.0. The van der Waals surface area contributed by atoms with Gasteiger partial charge in [-0.1, -0.05) is 56.6 Å². The minimum atomic E-state index is -1.87. The number of nitrogen functional groups attached to an aromatic ring is 1. The molecule has 0 radical (unpaired) electrons. The van der Waals surface area contributed by atoms with E-state index in [4.69, 9.17) is 28.9 Å². The van der Waals surface area contributed by atoms with Crippen LogP contribution in [0.3, 0.4) is 0 Å². The second kappa shape index (κ2) is 12.7. The maximum atomic E-state index is 15.4. The highest BCUT2D eigenvalue weighted by Crippen LogP contribution is 2.43. The molecule has 1 aromatic carbocycles. The maximum absolute atomic E-state index is 15.4. The van der Waals surface area contributed by atoms with Gasteiger partial charge in [0, 0.05) is 48.4 Å². The van der Waals surface area contributed by atoms with Crippen LogP contribution in [-0.2, 0) is 4.79 Å². The smallest absolute Gasteiger partial charge is 0.272 e. The van der Waals surface area contributed by atoms with Gasteiger partial charge in [0.1, 0.15) is 22.3 Å². The van der Waals surface area contributed by atoms with Gasteiger partial charge in [-0.2, -0.15) is 5.26 Å². The molecule has 4 heterocycles. The summed E-state index contributed by atoms with van der Waals surface area (Å²) in [5.74, 6) is -5.91. The Hall–Kier alpha value is -4.34. The minimum absolute atomic E-state index is 0.0199. The number of carbonyl (C=O) groups is 1. The number of amides is 1. The molecule has 47 heavy (non-hydrogen) atoms. The predicted octanol–water partition coefficient (Wildman–Crippen LogP) is 6.65. The number of piperazine rings is 1. The molecule has 5 rings (SSSR count). The van der Waals surface area contributed by atoms with Gasteiger partial charge in [-0.05, 0) is 31.9 Å². The summed E-state index contributed by atoms with van der Waals surface area (Å²) in [7, 11) is 0. The summed E-state index contributed by atoms with van der Waals surface area (Å²) >= 11 is 12.7. The Kier molecular flexibility index (Phi) is 9.18. The molecule has 2 N–H and O–H groups in total. The second-order valence-electron chi connectivity index (χ2n) is 12.2. The van der Waals surface area contributed by atoms with Gasteiger partial charge in [0.15, 0.2) is 17.5 Å². The summed E-state index contributed by atoms with van der Waals surface area (Å²) in [6.45, 7) is 13.4. The Morgan fingerprint density at radius 1 is 1.15 bits per heavy atom. The summed E-state index contributed by atoms with van der Waals surface area (Å²) in [5.41, 5.74) is 4.22. The summed E-state index contributed by atoms with van der Waals surface area (Å²) < 4.78 is 45.7. The van der Waals surface area contributed by atoms with E-state index < -0.39 is 45.3 Å². The van der Waals surface area contributed by atoms with Crippen molar-refractivity contribution in [1.82, 2.24) is 14.5 Å². The van der Waals surface area contributed by atoms with Gasteiger partial charge in [0.25, 0.3) is 5.56 Å². The molecule has 2 aliphatic rings. The van der Waals surface area contributed by atoms with Crippen molar-refractivity contribution >= 4 is 57.2 Å². The van der Waals surface area contributed by atoms with Crippen molar-refractivity contribution in [3.05, 3.63) is 74.4 Å². The summed E-state index contributed by atoms with van der Waals surface area (Å²) in [5, 5.41) is 9.68. The van der Waals surface area contributed by atoms with Gasteiger partial charge in [-0.3, -0.25) is 19.1 Å². The molecule has 0 unspecified atom stereocenters. The second-order valence-corrected chi connectivity index (χ2v) is 12.9. The van der Waals surface area contributed by atoms with Crippen LogP contribution in [0.5, 0.6) is 0 Å². The molecule has 3 aromatic rings. The van der Waals surface area contributed by atoms with Crippen LogP contribution in [0.4, 0.5) is 24.5 Å². The van der Waals surface area contributed by atoms with Gasteiger partial charge >= 0.3 is 0 Å². The number of nitrogens with two attached hydrogens (primary N) is 1. The van der Waals surface area contributed by atoms with Crippen LogP contribution in [0, 0.1) is 40.6 Å². The molecule has 9 nitrogen and oxygen atoms in total. The summed E-state index contributed by atoms with van der Waals surface area (Å²) in [4.78, 5) is 39.9.